The molecule has 1 aliphatic rings. The minimum atomic E-state index is -0.100. The standard InChI is InChI=1S/C14H16N4O2/c1-11-13(16-20-15-11)14(19)18-9-7-17(8-10-18)12-5-3-2-4-6-12/h2-6H,7-10H2,1H3. The first kappa shape index (κ1) is 12.7. The zero-order chi connectivity index (χ0) is 13.9. The summed E-state index contributed by atoms with van der Waals surface area (Å²) in [5, 5.41) is 7.33. The van der Waals surface area contributed by atoms with Gasteiger partial charge in [0.05, 0.1) is 0 Å². The van der Waals surface area contributed by atoms with Crippen LogP contribution in [0.3, 0.4) is 0 Å². The molecule has 1 aromatic carbocycles. The third-order valence-corrected chi connectivity index (χ3v) is 3.54. The average Bonchev–Trinajstić information content (AvgIpc) is 2.94. The SMILES string of the molecule is Cc1nonc1C(=O)N1CCN(c2ccccc2)CC1. The Morgan fingerprint density at radius 1 is 1.10 bits per heavy atom. The van der Waals surface area contributed by atoms with Crippen LogP contribution in [0.25, 0.3) is 0 Å². The lowest BCUT2D eigenvalue weighted by atomic mass is 10.2. The number of aromatic nitrogens is 2. The molecule has 2 aromatic rings. The van der Waals surface area contributed by atoms with Gasteiger partial charge >= 0.3 is 0 Å². The summed E-state index contributed by atoms with van der Waals surface area (Å²) in [6.45, 7) is 4.73. The van der Waals surface area contributed by atoms with Crippen LogP contribution in [0.2, 0.25) is 0 Å². The minimum absolute atomic E-state index is 0.100. The number of hydrogen-bond donors (Lipinski definition) is 0. The lowest BCUT2D eigenvalue weighted by molar-refractivity contribution is 0.0735. The molecule has 0 unspecified atom stereocenters. The van der Waals surface area contributed by atoms with Crippen molar-refractivity contribution in [2.45, 2.75) is 6.92 Å². The fourth-order valence-electron chi connectivity index (χ4n) is 2.38. The van der Waals surface area contributed by atoms with Crippen LogP contribution >= 0.6 is 0 Å². The Morgan fingerprint density at radius 2 is 1.80 bits per heavy atom. The zero-order valence-electron chi connectivity index (χ0n) is 11.3. The zero-order valence-corrected chi connectivity index (χ0v) is 11.3. The van der Waals surface area contributed by atoms with E-state index in [0.717, 1.165) is 13.1 Å². The van der Waals surface area contributed by atoms with Crippen LogP contribution in [0.15, 0.2) is 35.0 Å². The number of piperazine rings is 1. The van der Waals surface area contributed by atoms with Crippen molar-refractivity contribution in [3.63, 3.8) is 0 Å². The van der Waals surface area contributed by atoms with E-state index < -0.39 is 0 Å². The summed E-state index contributed by atoms with van der Waals surface area (Å²) in [5.74, 6) is -0.100. The Bertz CT molecular complexity index is 588. The number of rotatable bonds is 2. The van der Waals surface area contributed by atoms with Gasteiger partial charge in [-0.25, -0.2) is 4.63 Å². The maximum atomic E-state index is 12.3. The monoisotopic (exact) mass is 272 g/mol. The number of amides is 1. The van der Waals surface area contributed by atoms with Crippen molar-refractivity contribution >= 4 is 11.6 Å². The molecule has 1 aromatic heterocycles. The Balaban J connectivity index is 1.64. The highest BCUT2D eigenvalue weighted by atomic mass is 16.6. The molecule has 0 N–H and O–H groups in total. The van der Waals surface area contributed by atoms with Crippen molar-refractivity contribution in [2.24, 2.45) is 0 Å². The quantitative estimate of drug-likeness (QED) is 0.825. The predicted molar refractivity (Wildman–Crippen MR) is 73.6 cm³/mol. The van der Waals surface area contributed by atoms with Crippen molar-refractivity contribution in [3.05, 3.63) is 41.7 Å². The molecule has 1 aliphatic heterocycles. The van der Waals surface area contributed by atoms with Gasteiger partial charge in [0.1, 0.15) is 5.69 Å². The number of nitrogens with zero attached hydrogens (tertiary/aromatic N) is 4. The van der Waals surface area contributed by atoms with E-state index in [1.54, 1.807) is 11.8 Å². The van der Waals surface area contributed by atoms with Crippen molar-refractivity contribution in [2.75, 3.05) is 31.1 Å². The lowest BCUT2D eigenvalue weighted by Crippen LogP contribution is -2.49. The minimum Gasteiger partial charge on any atom is -0.368 e. The van der Waals surface area contributed by atoms with Gasteiger partial charge in [-0.1, -0.05) is 23.4 Å². The molecule has 2 heterocycles. The summed E-state index contributed by atoms with van der Waals surface area (Å²) < 4.78 is 4.59. The fourth-order valence-corrected chi connectivity index (χ4v) is 2.38. The summed E-state index contributed by atoms with van der Waals surface area (Å²) in [5.41, 5.74) is 2.05. The molecule has 3 rings (SSSR count). The van der Waals surface area contributed by atoms with E-state index in [9.17, 15) is 4.79 Å². The third kappa shape index (κ3) is 2.36. The predicted octanol–water partition coefficient (Wildman–Crippen LogP) is 1.34. The second-order valence-electron chi connectivity index (χ2n) is 4.81. The van der Waals surface area contributed by atoms with Crippen molar-refractivity contribution in [3.8, 4) is 0 Å². The van der Waals surface area contributed by atoms with Crippen LogP contribution in [-0.2, 0) is 0 Å². The Labute approximate surface area is 116 Å². The number of carbonyl (C=O) groups excluding carboxylic acids is 1. The molecule has 0 spiro atoms. The van der Waals surface area contributed by atoms with Crippen molar-refractivity contribution < 1.29 is 9.42 Å². The molecule has 6 nitrogen and oxygen atoms in total. The molecule has 0 aliphatic carbocycles. The summed E-state index contributed by atoms with van der Waals surface area (Å²) >= 11 is 0. The second kappa shape index (κ2) is 5.32. The first-order valence-corrected chi connectivity index (χ1v) is 6.64. The molecule has 0 radical (unpaired) electrons. The van der Waals surface area contributed by atoms with Crippen LogP contribution in [0.5, 0.6) is 0 Å². The summed E-state index contributed by atoms with van der Waals surface area (Å²) in [6, 6.07) is 10.2. The number of aryl methyl sites for hydroxylation is 1. The largest absolute Gasteiger partial charge is 0.368 e. The maximum Gasteiger partial charge on any atom is 0.278 e. The highest BCUT2D eigenvalue weighted by Gasteiger charge is 2.25. The Kier molecular flexibility index (Phi) is 3.37. The summed E-state index contributed by atoms with van der Waals surface area (Å²) in [4.78, 5) is 16.3. The highest BCUT2D eigenvalue weighted by molar-refractivity contribution is 5.93. The van der Waals surface area contributed by atoms with E-state index in [0.29, 0.717) is 24.5 Å². The van der Waals surface area contributed by atoms with Gasteiger partial charge in [0, 0.05) is 31.9 Å². The summed E-state index contributed by atoms with van der Waals surface area (Å²) in [7, 11) is 0. The molecular weight excluding hydrogens is 256 g/mol. The van der Waals surface area contributed by atoms with Gasteiger partial charge in [0.25, 0.3) is 5.91 Å². The first-order chi connectivity index (χ1) is 9.75. The third-order valence-electron chi connectivity index (χ3n) is 3.54. The molecule has 20 heavy (non-hydrogen) atoms. The number of carbonyl (C=O) groups is 1. The van der Waals surface area contributed by atoms with E-state index in [2.05, 4.69) is 32.0 Å². The average molecular weight is 272 g/mol. The lowest BCUT2D eigenvalue weighted by Gasteiger charge is -2.35. The molecule has 0 saturated carbocycles. The van der Waals surface area contributed by atoms with Crippen molar-refractivity contribution in [1.82, 2.24) is 15.2 Å². The van der Waals surface area contributed by atoms with Gasteiger partial charge in [0.15, 0.2) is 5.69 Å². The van der Waals surface area contributed by atoms with Crippen LogP contribution < -0.4 is 4.90 Å². The van der Waals surface area contributed by atoms with Gasteiger partial charge in [0.2, 0.25) is 0 Å². The van der Waals surface area contributed by atoms with E-state index in [1.807, 2.05) is 18.2 Å². The molecule has 0 atom stereocenters. The smallest absolute Gasteiger partial charge is 0.278 e. The highest BCUT2D eigenvalue weighted by Crippen LogP contribution is 2.16. The van der Waals surface area contributed by atoms with E-state index in [1.165, 1.54) is 5.69 Å². The molecule has 0 bridgehead atoms. The second-order valence-corrected chi connectivity index (χ2v) is 4.81. The number of para-hydroxylation sites is 1. The molecule has 1 amide bonds. The van der Waals surface area contributed by atoms with E-state index in [-0.39, 0.29) is 5.91 Å². The van der Waals surface area contributed by atoms with Crippen molar-refractivity contribution in [1.29, 1.82) is 0 Å². The van der Waals surface area contributed by atoms with Gasteiger partial charge in [-0.15, -0.1) is 0 Å². The number of hydrogen-bond acceptors (Lipinski definition) is 5. The van der Waals surface area contributed by atoms with Crippen LogP contribution in [0.4, 0.5) is 5.69 Å². The van der Waals surface area contributed by atoms with E-state index >= 15 is 0 Å². The van der Waals surface area contributed by atoms with Gasteiger partial charge in [-0.3, -0.25) is 4.79 Å². The van der Waals surface area contributed by atoms with Gasteiger partial charge in [-0.05, 0) is 24.2 Å². The maximum absolute atomic E-state index is 12.3. The van der Waals surface area contributed by atoms with Gasteiger partial charge in [-0.2, -0.15) is 0 Å². The van der Waals surface area contributed by atoms with Crippen LogP contribution in [0.1, 0.15) is 16.2 Å². The van der Waals surface area contributed by atoms with E-state index in [4.69, 9.17) is 0 Å². The fraction of sp³-hybridized carbons (Fsp3) is 0.357. The molecular formula is C14H16N4O2. The van der Waals surface area contributed by atoms with Gasteiger partial charge < -0.3 is 9.80 Å². The Morgan fingerprint density at radius 3 is 2.40 bits per heavy atom. The summed E-state index contributed by atoms with van der Waals surface area (Å²) in [6.07, 6.45) is 0. The molecule has 6 heteroatoms. The molecule has 1 saturated heterocycles. The number of anilines is 1. The van der Waals surface area contributed by atoms with Crippen LogP contribution in [-0.4, -0.2) is 47.3 Å². The topological polar surface area (TPSA) is 62.5 Å². The molecule has 104 valence electrons. The Hall–Kier alpha value is -2.37. The first-order valence-electron chi connectivity index (χ1n) is 6.64. The van der Waals surface area contributed by atoms with Crippen LogP contribution in [0, 0.1) is 6.92 Å². The number of benzene rings is 1. The normalized spacial score (nSPS) is 15.4. The molecule has 1 fully saturated rings.